The van der Waals surface area contributed by atoms with E-state index >= 15 is 0 Å². The van der Waals surface area contributed by atoms with Gasteiger partial charge in [-0.05, 0) is 73.5 Å². The predicted molar refractivity (Wildman–Crippen MR) is 199 cm³/mol. The zero-order valence-corrected chi connectivity index (χ0v) is 28.0. The Hall–Kier alpha value is -6.94. The van der Waals surface area contributed by atoms with Gasteiger partial charge in [-0.15, -0.1) is 0 Å². The van der Waals surface area contributed by atoms with Gasteiger partial charge in [-0.3, -0.25) is 4.57 Å². The topological polar surface area (TPSA) is 96.6 Å². The van der Waals surface area contributed by atoms with Crippen LogP contribution >= 0.6 is 0 Å². The first-order valence-electron chi connectivity index (χ1n) is 17.1. The van der Waals surface area contributed by atoms with Crippen molar-refractivity contribution in [3.63, 3.8) is 0 Å². The Bertz CT molecular complexity index is 2340. The molecule has 0 amide bonds. The Kier molecular flexibility index (Phi) is 8.22. The summed E-state index contributed by atoms with van der Waals surface area (Å²) in [6.07, 6.45) is 9.56. The Morgan fingerprint density at radius 3 is 1.40 bits per heavy atom. The van der Waals surface area contributed by atoms with Crippen molar-refractivity contribution in [3.05, 3.63) is 146 Å². The van der Waals surface area contributed by atoms with E-state index in [0.717, 1.165) is 40.6 Å². The first-order chi connectivity index (χ1) is 25.7. The highest BCUT2D eigenvalue weighted by Crippen LogP contribution is 2.38. The molecule has 9 rings (SSSR count). The lowest BCUT2D eigenvalue weighted by molar-refractivity contribution is 0.448. The van der Waals surface area contributed by atoms with E-state index in [1.54, 1.807) is 12.4 Å². The Labute approximate surface area is 299 Å². The van der Waals surface area contributed by atoms with Gasteiger partial charge in [-0.2, -0.15) is 0 Å². The average molecular weight is 685 g/mol. The number of nitrogens with zero attached hydrogens (tertiary/aromatic N) is 6. The van der Waals surface area contributed by atoms with E-state index in [-0.39, 0.29) is 0 Å². The largest absolute Gasteiger partial charge is 0.457 e. The lowest BCUT2D eigenvalue weighted by atomic mass is 10.1. The molecule has 8 aromatic rings. The van der Waals surface area contributed by atoms with Crippen molar-refractivity contribution >= 4 is 27.5 Å². The minimum atomic E-state index is 0.509. The van der Waals surface area contributed by atoms with Gasteiger partial charge in [0.25, 0.3) is 0 Å². The molecular weight excluding hydrogens is 652 g/mol. The maximum Gasteiger partial charge on any atom is 0.234 e. The molecule has 4 aromatic carbocycles. The zero-order chi connectivity index (χ0) is 34.7. The van der Waals surface area contributed by atoms with E-state index in [1.165, 1.54) is 12.8 Å². The lowest BCUT2D eigenvalue weighted by Crippen LogP contribution is -2.18. The van der Waals surface area contributed by atoms with Crippen LogP contribution in [0.1, 0.15) is 12.8 Å². The number of aromatic nitrogens is 5. The molecule has 52 heavy (non-hydrogen) atoms. The van der Waals surface area contributed by atoms with Gasteiger partial charge in [-0.25, -0.2) is 19.9 Å². The van der Waals surface area contributed by atoms with Gasteiger partial charge in [0.15, 0.2) is 0 Å². The van der Waals surface area contributed by atoms with E-state index in [9.17, 15) is 0 Å². The summed E-state index contributed by atoms with van der Waals surface area (Å²) in [6.45, 7) is 2.03. The summed E-state index contributed by atoms with van der Waals surface area (Å²) in [5, 5.41) is 2.05. The van der Waals surface area contributed by atoms with E-state index in [0.29, 0.717) is 52.2 Å². The second-order valence-corrected chi connectivity index (χ2v) is 12.3. The Morgan fingerprint density at radius 1 is 0.442 bits per heavy atom. The van der Waals surface area contributed by atoms with Gasteiger partial charge < -0.3 is 23.8 Å². The number of ether oxygens (including phenoxy) is 4. The van der Waals surface area contributed by atoms with Crippen molar-refractivity contribution in [2.24, 2.45) is 0 Å². The fraction of sp³-hybridized carbons (Fsp3) is 0.0952. The van der Waals surface area contributed by atoms with Crippen LogP contribution in [0.4, 0.5) is 5.69 Å². The van der Waals surface area contributed by atoms with E-state index < -0.39 is 0 Å². The van der Waals surface area contributed by atoms with Crippen molar-refractivity contribution < 1.29 is 18.9 Å². The maximum absolute atomic E-state index is 6.39. The summed E-state index contributed by atoms with van der Waals surface area (Å²) < 4.78 is 26.7. The fourth-order valence-electron chi connectivity index (χ4n) is 6.42. The minimum Gasteiger partial charge on any atom is -0.457 e. The molecule has 1 fully saturated rings. The van der Waals surface area contributed by atoms with Crippen LogP contribution in [-0.2, 0) is 0 Å². The van der Waals surface area contributed by atoms with Crippen molar-refractivity contribution in [2.45, 2.75) is 12.8 Å². The molecule has 0 N–H and O–H groups in total. The number of hydrogen-bond acceptors (Lipinski definition) is 9. The minimum absolute atomic E-state index is 0.509. The van der Waals surface area contributed by atoms with Crippen LogP contribution in [0.5, 0.6) is 46.3 Å². The first-order valence-corrected chi connectivity index (χ1v) is 17.1. The summed E-state index contributed by atoms with van der Waals surface area (Å²) in [7, 11) is 0. The third kappa shape index (κ3) is 6.52. The predicted octanol–water partition coefficient (Wildman–Crippen LogP) is 10.1. The van der Waals surface area contributed by atoms with Gasteiger partial charge in [0.2, 0.25) is 17.7 Å². The molecule has 1 aliphatic rings. The molecule has 5 heterocycles. The highest BCUT2D eigenvalue weighted by molar-refractivity contribution is 6.09. The monoisotopic (exact) mass is 684 g/mol. The number of pyridine rings is 2. The molecule has 10 heteroatoms. The number of rotatable bonds is 10. The molecule has 1 saturated heterocycles. The first kappa shape index (κ1) is 31.1. The van der Waals surface area contributed by atoms with Crippen molar-refractivity contribution in [3.8, 4) is 52.2 Å². The summed E-state index contributed by atoms with van der Waals surface area (Å²) in [6, 6.07) is 38.2. The molecule has 0 aliphatic carbocycles. The normalized spacial score (nSPS) is 12.7. The number of benzene rings is 4. The molecule has 0 radical (unpaired) electrons. The molecule has 0 bridgehead atoms. The molecule has 4 aromatic heterocycles. The summed E-state index contributed by atoms with van der Waals surface area (Å²) in [4.78, 5) is 20.6. The zero-order valence-electron chi connectivity index (χ0n) is 28.0. The smallest absolute Gasteiger partial charge is 0.234 e. The van der Waals surface area contributed by atoms with Crippen LogP contribution in [0.25, 0.3) is 27.8 Å². The van der Waals surface area contributed by atoms with Crippen LogP contribution in [0.15, 0.2) is 146 Å². The second-order valence-electron chi connectivity index (χ2n) is 12.3. The van der Waals surface area contributed by atoms with Crippen molar-refractivity contribution in [1.82, 2.24) is 24.5 Å². The van der Waals surface area contributed by atoms with Crippen LogP contribution in [0.3, 0.4) is 0 Å². The number of anilines is 1. The van der Waals surface area contributed by atoms with Crippen LogP contribution in [-0.4, -0.2) is 37.6 Å². The highest BCUT2D eigenvalue weighted by Gasteiger charge is 2.18. The van der Waals surface area contributed by atoms with Crippen molar-refractivity contribution in [2.75, 3.05) is 18.0 Å². The molecule has 1 aliphatic heterocycles. The fourth-order valence-corrected chi connectivity index (χ4v) is 6.42. The third-order valence-corrected chi connectivity index (χ3v) is 8.81. The van der Waals surface area contributed by atoms with E-state index in [4.69, 9.17) is 28.9 Å². The van der Waals surface area contributed by atoms with Gasteiger partial charge in [-0.1, -0.05) is 24.3 Å². The summed E-state index contributed by atoms with van der Waals surface area (Å²) in [5.74, 6) is 5.39. The standard InChI is InChI=1S/C42H32N6O4/c1-3-19-43-40(13-1)51-32-11-7-9-30(23-32)49-34-15-17-36-37-18-16-35(50-31-10-8-12-33(24-31)52-41-14-2-4-20-44-41)26-39(37)48(38(36)25-34)42-45-27-29(28-46-42)47-21-5-6-22-47/h1-4,7-20,23-28H,5-6,21-22H2. The maximum atomic E-state index is 6.39. The molecule has 0 saturated carbocycles. The van der Waals surface area contributed by atoms with E-state index in [1.807, 2.05) is 122 Å². The summed E-state index contributed by atoms with van der Waals surface area (Å²) >= 11 is 0. The number of hydrogen-bond donors (Lipinski definition) is 0. The molecule has 10 nitrogen and oxygen atoms in total. The lowest BCUT2D eigenvalue weighted by Gasteiger charge is -2.17. The Balaban J connectivity index is 1.07. The van der Waals surface area contributed by atoms with Gasteiger partial charge in [0.05, 0.1) is 29.1 Å². The molecule has 254 valence electrons. The van der Waals surface area contributed by atoms with Crippen LogP contribution < -0.4 is 23.8 Å². The van der Waals surface area contributed by atoms with Gasteiger partial charge >= 0.3 is 0 Å². The second kappa shape index (κ2) is 13.8. The Morgan fingerprint density at radius 2 is 0.923 bits per heavy atom. The SMILES string of the molecule is c1ccc(Oc2cccc(Oc3ccc4c5ccc(Oc6cccc(Oc7ccccn7)c6)cc5n(-c5ncc(N6CCCC6)cn5)c4c3)c2)nc1. The van der Waals surface area contributed by atoms with E-state index in [2.05, 4.69) is 31.6 Å². The third-order valence-electron chi connectivity index (χ3n) is 8.81. The molecular formula is C42H32N6O4. The molecule has 0 unspecified atom stereocenters. The molecule has 0 spiro atoms. The highest BCUT2D eigenvalue weighted by atomic mass is 16.5. The van der Waals surface area contributed by atoms with Crippen LogP contribution in [0.2, 0.25) is 0 Å². The summed E-state index contributed by atoms with van der Waals surface area (Å²) in [5.41, 5.74) is 2.81. The van der Waals surface area contributed by atoms with Crippen molar-refractivity contribution in [1.29, 1.82) is 0 Å². The van der Waals surface area contributed by atoms with Gasteiger partial charge in [0.1, 0.15) is 34.5 Å². The average Bonchev–Trinajstić information content (AvgIpc) is 3.83. The van der Waals surface area contributed by atoms with Crippen LogP contribution in [0, 0.1) is 0 Å². The number of fused-ring (bicyclic) bond motifs is 3. The molecule has 0 atom stereocenters. The van der Waals surface area contributed by atoms with Gasteiger partial charge in [0, 0.05) is 72.7 Å². The quantitative estimate of drug-likeness (QED) is 0.139.